The topological polar surface area (TPSA) is 117 Å². The van der Waals surface area contributed by atoms with Crippen LogP contribution in [0.25, 0.3) is 6.08 Å². The van der Waals surface area contributed by atoms with Gasteiger partial charge in [0.2, 0.25) is 5.91 Å². The lowest BCUT2D eigenvalue weighted by Gasteiger charge is -2.36. The molecule has 0 spiro atoms. The number of rotatable bonds is 5. The Bertz CT molecular complexity index is 1230. The molecule has 0 saturated carbocycles. The van der Waals surface area contributed by atoms with Crippen LogP contribution in [0, 0.1) is 0 Å². The van der Waals surface area contributed by atoms with Crippen molar-refractivity contribution in [3.63, 3.8) is 0 Å². The third-order valence-corrected chi connectivity index (χ3v) is 7.97. The summed E-state index contributed by atoms with van der Waals surface area (Å²) in [4.78, 5) is 28.9. The quantitative estimate of drug-likeness (QED) is 0.450. The summed E-state index contributed by atoms with van der Waals surface area (Å²) >= 11 is 6.30. The van der Waals surface area contributed by atoms with E-state index in [4.69, 9.17) is 22.1 Å². The molecular formula is C29H39ClN6O3. The number of nitrogens with zero attached hydrogens (tertiary/aromatic N) is 3. The first kappa shape index (κ1) is 27.5. The second-order valence-corrected chi connectivity index (χ2v) is 12.4. The number of allylic oxidation sites excluding steroid dienone is 4. The van der Waals surface area contributed by atoms with Crippen LogP contribution in [0.5, 0.6) is 0 Å². The third kappa shape index (κ3) is 6.58. The predicted molar refractivity (Wildman–Crippen MR) is 153 cm³/mol. The van der Waals surface area contributed by atoms with Crippen LogP contribution < -0.4 is 11.1 Å². The van der Waals surface area contributed by atoms with Crippen LogP contribution in [-0.4, -0.2) is 68.7 Å². The minimum Gasteiger partial charge on any atom is -0.444 e. The summed E-state index contributed by atoms with van der Waals surface area (Å²) in [7, 11) is 0. The highest BCUT2D eigenvalue weighted by Gasteiger charge is 2.33. The Hall–Kier alpha value is -3.04. The van der Waals surface area contributed by atoms with Crippen LogP contribution in [0.2, 0.25) is 0 Å². The molecule has 5 rings (SSSR count). The fourth-order valence-electron chi connectivity index (χ4n) is 5.74. The molecular weight excluding hydrogens is 516 g/mol. The Morgan fingerprint density at radius 1 is 1.23 bits per heavy atom. The van der Waals surface area contributed by atoms with Crippen molar-refractivity contribution in [3.8, 4) is 0 Å². The fourth-order valence-corrected chi connectivity index (χ4v) is 6.02. The molecule has 2 aliphatic carbocycles. The second-order valence-electron chi connectivity index (χ2n) is 11.9. The number of likely N-dealkylation sites (tertiary alicyclic amines) is 1. The molecule has 2 aliphatic heterocycles. The van der Waals surface area contributed by atoms with Crippen molar-refractivity contribution in [1.82, 2.24) is 25.3 Å². The molecule has 0 radical (unpaired) electrons. The zero-order valence-electron chi connectivity index (χ0n) is 23.0. The lowest BCUT2D eigenvalue weighted by molar-refractivity contribution is -0.128. The Morgan fingerprint density at radius 2 is 2.00 bits per heavy atom. The van der Waals surface area contributed by atoms with E-state index in [1.165, 1.54) is 5.57 Å². The highest BCUT2D eigenvalue weighted by molar-refractivity contribution is 6.22. The van der Waals surface area contributed by atoms with E-state index in [-0.39, 0.29) is 29.5 Å². The summed E-state index contributed by atoms with van der Waals surface area (Å²) in [5.41, 5.74) is 11.2. The summed E-state index contributed by atoms with van der Waals surface area (Å²) < 4.78 is 5.55. The van der Waals surface area contributed by atoms with E-state index in [2.05, 4.69) is 27.7 Å². The van der Waals surface area contributed by atoms with Crippen molar-refractivity contribution in [3.05, 3.63) is 52.4 Å². The lowest BCUT2D eigenvalue weighted by atomic mass is 9.85. The zero-order chi connectivity index (χ0) is 27.7. The number of ether oxygens (including phenoxy) is 1. The van der Waals surface area contributed by atoms with Gasteiger partial charge in [0.1, 0.15) is 5.60 Å². The SMILES string of the molecule is CC(C)(C)OC(=O)N1CCC(NC2CC(C3=CN(CC4=CC=CC(Cl)C4)C(=O)CC3)=Cc3[nH]nc(N)c32)CC1. The average molecular weight is 555 g/mol. The van der Waals surface area contributed by atoms with Crippen LogP contribution in [0.1, 0.15) is 76.6 Å². The number of H-pyrrole nitrogens is 1. The van der Waals surface area contributed by atoms with E-state index in [1.807, 2.05) is 44.0 Å². The number of piperidine rings is 1. The fraction of sp³-hybridized carbons (Fsp3) is 0.552. The second kappa shape index (κ2) is 11.2. The number of anilines is 1. The minimum atomic E-state index is -0.503. The Morgan fingerprint density at radius 3 is 2.72 bits per heavy atom. The predicted octanol–water partition coefficient (Wildman–Crippen LogP) is 4.81. The van der Waals surface area contributed by atoms with Gasteiger partial charge in [0.25, 0.3) is 0 Å². The molecule has 1 saturated heterocycles. The van der Waals surface area contributed by atoms with Gasteiger partial charge in [-0.3, -0.25) is 9.89 Å². The lowest BCUT2D eigenvalue weighted by Crippen LogP contribution is -2.47. The molecule has 1 aromatic rings. The summed E-state index contributed by atoms with van der Waals surface area (Å²) in [6.07, 6.45) is 14.2. The summed E-state index contributed by atoms with van der Waals surface area (Å²) in [5, 5.41) is 11.2. The van der Waals surface area contributed by atoms with Crippen LogP contribution in [-0.2, 0) is 9.53 Å². The largest absolute Gasteiger partial charge is 0.444 e. The van der Waals surface area contributed by atoms with E-state index in [0.29, 0.717) is 38.3 Å². The van der Waals surface area contributed by atoms with Crippen LogP contribution in [0.4, 0.5) is 10.6 Å². The Kier molecular flexibility index (Phi) is 7.91. The number of nitrogens with two attached hydrogens (primary N) is 1. The third-order valence-electron chi connectivity index (χ3n) is 7.67. The first-order chi connectivity index (χ1) is 18.6. The van der Waals surface area contributed by atoms with Crippen molar-refractivity contribution in [2.75, 3.05) is 25.4 Å². The summed E-state index contributed by atoms with van der Waals surface area (Å²) in [6, 6.07) is 0.232. The number of nitrogens with one attached hydrogen (secondary N) is 2. The van der Waals surface area contributed by atoms with Gasteiger partial charge in [-0.2, -0.15) is 5.10 Å². The average Bonchev–Trinajstić information content (AvgIpc) is 3.25. The molecule has 2 atom stereocenters. The first-order valence-electron chi connectivity index (χ1n) is 13.8. The number of aromatic nitrogens is 2. The molecule has 1 fully saturated rings. The monoisotopic (exact) mass is 554 g/mol. The molecule has 2 unspecified atom stereocenters. The van der Waals surface area contributed by atoms with Gasteiger partial charge >= 0.3 is 6.09 Å². The molecule has 4 aliphatic rings. The van der Waals surface area contributed by atoms with E-state index in [1.54, 1.807) is 4.90 Å². The van der Waals surface area contributed by atoms with Gasteiger partial charge in [-0.05, 0) is 75.7 Å². The minimum absolute atomic E-state index is 0.00741. The molecule has 3 heterocycles. The maximum Gasteiger partial charge on any atom is 0.410 e. The molecule has 10 heteroatoms. The highest BCUT2D eigenvalue weighted by atomic mass is 35.5. The van der Waals surface area contributed by atoms with Crippen LogP contribution in [0.3, 0.4) is 0 Å². The number of aromatic amines is 1. The van der Waals surface area contributed by atoms with Gasteiger partial charge in [-0.25, -0.2) is 4.79 Å². The first-order valence-corrected chi connectivity index (χ1v) is 14.3. The van der Waals surface area contributed by atoms with E-state index < -0.39 is 5.60 Å². The van der Waals surface area contributed by atoms with Gasteiger partial charge in [0.15, 0.2) is 5.82 Å². The Labute approximate surface area is 235 Å². The van der Waals surface area contributed by atoms with Crippen LogP contribution in [0.15, 0.2) is 41.1 Å². The molecule has 0 bridgehead atoms. The van der Waals surface area contributed by atoms with Gasteiger partial charge in [-0.15, -0.1) is 11.6 Å². The number of nitrogen functional groups attached to an aromatic ring is 1. The van der Waals surface area contributed by atoms with Crippen molar-refractivity contribution in [2.24, 2.45) is 0 Å². The van der Waals surface area contributed by atoms with Crippen molar-refractivity contribution in [1.29, 1.82) is 0 Å². The van der Waals surface area contributed by atoms with Crippen molar-refractivity contribution < 1.29 is 14.3 Å². The van der Waals surface area contributed by atoms with Crippen molar-refractivity contribution in [2.45, 2.75) is 82.4 Å². The zero-order valence-corrected chi connectivity index (χ0v) is 23.8. The van der Waals surface area contributed by atoms with E-state index in [9.17, 15) is 9.59 Å². The number of fused-ring (bicyclic) bond motifs is 1. The molecule has 4 N–H and O–H groups in total. The van der Waals surface area contributed by atoms with Gasteiger partial charge in [0, 0.05) is 49.9 Å². The summed E-state index contributed by atoms with van der Waals surface area (Å²) in [5.74, 6) is 0.640. The number of alkyl halides is 1. The van der Waals surface area contributed by atoms with Gasteiger partial charge < -0.3 is 25.6 Å². The number of carbonyl (C=O) groups is 2. The normalized spacial score (nSPS) is 24.2. The standard InChI is InChI=1S/C29H39ClN6O3/c1-29(2,3)39-28(38)35-11-9-22(10-12-35)32-23-14-20(15-24-26(23)27(31)34-33-24)19-7-8-25(37)36(17-19)16-18-5-4-6-21(30)13-18/h4-6,15,17,21-23,32H,7-14,16H2,1-3H3,(H3,31,33,34). The molecule has 210 valence electrons. The summed E-state index contributed by atoms with van der Waals surface area (Å²) in [6.45, 7) is 7.51. The number of hydrogen-bond donors (Lipinski definition) is 3. The maximum atomic E-state index is 12.8. The molecule has 9 nitrogen and oxygen atoms in total. The smallest absolute Gasteiger partial charge is 0.410 e. The van der Waals surface area contributed by atoms with Crippen LogP contribution >= 0.6 is 11.6 Å². The molecule has 1 aromatic heterocycles. The highest BCUT2D eigenvalue weighted by Crippen LogP contribution is 2.40. The van der Waals surface area contributed by atoms with E-state index in [0.717, 1.165) is 48.1 Å². The number of carbonyl (C=O) groups excluding carboxylic acids is 2. The van der Waals surface area contributed by atoms with Gasteiger partial charge in [0.05, 0.1) is 11.1 Å². The molecule has 2 amide bonds. The number of amides is 2. The molecule has 0 aromatic carbocycles. The van der Waals surface area contributed by atoms with Crippen molar-refractivity contribution >= 4 is 35.5 Å². The number of hydrogen-bond acceptors (Lipinski definition) is 6. The molecule has 39 heavy (non-hydrogen) atoms. The number of halogens is 1. The van der Waals surface area contributed by atoms with Gasteiger partial charge in [-0.1, -0.05) is 18.2 Å². The Balaban J connectivity index is 1.27. The van der Waals surface area contributed by atoms with E-state index >= 15 is 0 Å². The maximum absolute atomic E-state index is 12.8.